The second-order valence-corrected chi connectivity index (χ2v) is 8.30. The van der Waals surface area contributed by atoms with E-state index < -0.39 is 16.6 Å². The average molecular weight is 258 g/mol. The molecule has 1 rings (SSSR count). The maximum absolute atomic E-state index is 12.1. The highest BCUT2D eigenvalue weighted by molar-refractivity contribution is 8.35. The maximum Gasteiger partial charge on any atom is 0.387 e. The first-order chi connectivity index (χ1) is 7.78. The van der Waals surface area contributed by atoms with Gasteiger partial charge in [0.25, 0.3) is 0 Å². The topological polar surface area (TPSA) is 9.23 Å². The Morgan fingerprint density at radius 1 is 1.24 bits per heavy atom. The van der Waals surface area contributed by atoms with Crippen LogP contribution in [0.1, 0.15) is 11.1 Å². The third-order valence-electron chi connectivity index (χ3n) is 1.89. The molecule has 0 atom stereocenters. The molecule has 0 saturated heterocycles. The lowest BCUT2D eigenvalue weighted by Crippen LogP contribution is -2.03. The van der Waals surface area contributed by atoms with Crippen LogP contribution in [0, 0.1) is 18.1 Å². The van der Waals surface area contributed by atoms with Crippen molar-refractivity contribution in [2.24, 2.45) is 0 Å². The summed E-state index contributed by atoms with van der Waals surface area (Å²) in [7, 11) is -0.877. The van der Waals surface area contributed by atoms with E-state index >= 15 is 0 Å². The van der Waals surface area contributed by atoms with Gasteiger partial charge < -0.3 is 4.74 Å². The summed E-state index contributed by atoms with van der Waals surface area (Å²) in [6.07, 6.45) is 6.30. The number of aryl methyl sites for hydroxylation is 1. The summed E-state index contributed by atoms with van der Waals surface area (Å²) in [6.45, 7) is -1.06. The molecule has 4 heteroatoms. The smallest absolute Gasteiger partial charge is 0.387 e. The minimum absolute atomic E-state index is 0.202. The maximum atomic E-state index is 12.1. The molecule has 0 amide bonds. The van der Waals surface area contributed by atoms with E-state index in [1.165, 1.54) is 6.07 Å². The van der Waals surface area contributed by atoms with Crippen LogP contribution in [0.4, 0.5) is 8.78 Å². The van der Waals surface area contributed by atoms with Gasteiger partial charge in [0.2, 0.25) is 0 Å². The molecule has 0 saturated carbocycles. The number of rotatable bonds is 2. The van der Waals surface area contributed by atoms with Gasteiger partial charge in [-0.15, -0.1) is 0 Å². The normalized spacial score (nSPS) is 11.9. The van der Waals surface area contributed by atoms with Crippen molar-refractivity contribution in [1.29, 1.82) is 0 Å². The summed E-state index contributed by atoms with van der Waals surface area (Å²) in [4.78, 5) is 0. The van der Waals surface area contributed by atoms with Gasteiger partial charge in [-0.1, -0.05) is 5.92 Å². The van der Waals surface area contributed by atoms with Crippen molar-refractivity contribution in [3.63, 3.8) is 0 Å². The second-order valence-electron chi connectivity index (χ2n) is 4.42. The van der Waals surface area contributed by atoms with Gasteiger partial charge in [0.05, 0.1) is 0 Å². The minimum atomic E-state index is -2.79. The fraction of sp³-hybridized carbons (Fsp3) is 0.385. The fourth-order valence-electron chi connectivity index (χ4n) is 1.17. The number of alkyl halides is 2. The van der Waals surface area contributed by atoms with Crippen molar-refractivity contribution in [3.05, 3.63) is 29.3 Å². The third-order valence-corrected chi connectivity index (χ3v) is 2.61. The molecule has 0 aliphatic carbocycles. The van der Waals surface area contributed by atoms with E-state index in [0.29, 0.717) is 5.56 Å². The monoisotopic (exact) mass is 258 g/mol. The van der Waals surface area contributed by atoms with E-state index in [0.717, 1.165) is 5.56 Å². The summed E-state index contributed by atoms with van der Waals surface area (Å²) in [5.74, 6) is 3.25. The van der Waals surface area contributed by atoms with Crippen molar-refractivity contribution < 1.29 is 13.5 Å². The Bertz CT molecular complexity index is 453. The van der Waals surface area contributed by atoms with Crippen molar-refractivity contribution in [2.45, 2.75) is 13.5 Å². The SMILES string of the molecule is Cc1cc(C#CS(C)(C)C)ccc1OC(F)F. The summed E-state index contributed by atoms with van der Waals surface area (Å²) < 4.78 is 28.5. The summed E-state index contributed by atoms with van der Waals surface area (Å²) >= 11 is 0. The highest BCUT2D eigenvalue weighted by Gasteiger charge is 2.07. The molecule has 94 valence electrons. The van der Waals surface area contributed by atoms with Crippen LogP contribution >= 0.6 is 10.0 Å². The van der Waals surface area contributed by atoms with Crippen molar-refractivity contribution in [1.82, 2.24) is 0 Å². The van der Waals surface area contributed by atoms with E-state index in [4.69, 9.17) is 0 Å². The van der Waals surface area contributed by atoms with Gasteiger partial charge in [-0.25, -0.2) is 0 Å². The van der Waals surface area contributed by atoms with Crippen LogP contribution in [0.15, 0.2) is 18.2 Å². The molecular weight excluding hydrogens is 242 g/mol. The van der Waals surface area contributed by atoms with E-state index in [2.05, 4.69) is 34.7 Å². The number of benzene rings is 1. The highest BCUT2D eigenvalue weighted by Crippen LogP contribution is 2.32. The van der Waals surface area contributed by atoms with Crippen LogP contribution in [0.3, 0.4) is 0 Å². The predicted octanol–water partition coefficient (Wildman–Crippen LogP) is 3.60. The average Bonchev–Trinajstić information content (AvgIpc) is 2.17. The fourth-order valence-corrected chi connectivity index (χ4v) is 1.59. The molecule has 0 aliphatic rings. The number of ether oxygens (including phenoxy) is 1. The van der Waals surface area contributed by atoms with Crippen LogP contribution in [0.2, 0.25) is 0 Å². The van der Waals surface area contributed by atoms with E-state index in [9.17, 15) is 8.78 Å². The van der Waals surface area contributed by atoms with Crippen LogP contribution in [0.5, 0.6) is 5.75 Å². The Morgan fingerprint density at radius 3 is 2.35 bits per heavy atom. The first-order valence-electron chi connectivity index (χ1n) is 5.04. The molecule has 17 heavy (non-hydrogen) atoms. The highest BCUT2D eigenvalue weighted by atomic mass is 32.3. The van der Waals surface area contributed by atoms with E-state index in [1.54, 1.807) is 19.1 Å². The van der Waals surface area contributed by atoms with Gasteiger partial charge in [0, 0.05) is 5.56 Å². The van der Waals surface area contributed by atoms with Crippen LogP contribution < -0.4 is 4.74 Å². The van der Waals surface area contributed by atoms with Gasteiger partial charge >= 0.3 is 6.61 Å². The van der Waals surface area contributed by atoms with E-state index in [-0.39, 0.29) is 5.75 Å². The predicted molar refractivity (Wildman–Crippen MR) is 70.1 cm³/mol. The minimum Gasteiger partial charge on any atom is -0.435 e. The standard InChI is InChI=1S/C13H16F2OS/c1-10-9-11(7-8-17(2,3)4)5-6-12(10)16-13(14)15/h5-6,9,13H,1-4H3. The first kappa shape index (κ1) is 13.9. The Labute approximate surface area is 102 Å². The Morgan fingerprint density at radius 2 is 1.88 bits per heavy atom. The summed E-state index contributed by atoms with van der Waals surface area (Å²) in [6, 6.07) is 4.99. The Hall–Kier alpha value is -1.21. The molecule has 0 aliphatic heterocycles. The lowest BCUT2D eigenvalue weighted by atomic mass is 10.1. The van der Waals surface area contributed by atoms with Gasteiger partial charge in [0.15, 0.2) is 0 Å². The Kier molecular flexibility index (Phi) is 4.41. The molecule has 0 bridgehead atoms. The van der Waals surface area contributed by atoms with Crippen molar-refractivity contribution in [2.75, 3.05) is 18.8 Å². The number of hydrogen-bond donors (Lipinski definition) is 0. The Balaban J connectivity index is 2.92. The zero-order valence-electron chi connectivity index (χ0n) is 10.4. The first-order valence-corrected chi connectivity index (χ1v) is 7.90. The lowest BCUT2D eigenvalue weighted by molar-refractivity contribution is -0.0502. The molecular formula is C13H16F2OS. The number of halogens is 2. The molecule has 0 aromatic heterocycles. The van der Waals surface area contributed by atoms with Crippen LogP contribution in [-0.4, -0.2) is 25.4 Å². The van der Waals surface area contributed by atoms with Crippen LogP contribution in [-0.2, 0) is 0 Å². The van der Waals surface area contributed by atoms with Crippen LogP contribution in [0.25, 0.3) is 0 Å². The van der Waals surface area contributed by atoms with Gasteiger partial charge in [-0.05, 0) is 54.7 Å². The molecule has 1 aromatic carbocycles. The third kappa shape index (κ3) is 5.10. The van der Waals surface area contributed by atoms with Gasteiger partial charge in [-0.2, -0.15) is 18.8 Å². The van der Waals surface area contributed by atoms with Crippen molar-refractivity contribution in [3.8, 4) is 16.9 Å². The zero-order valence-corrected chi connectivity index (χ0v) is 11.2. The summed E-state index contributed by atoms with van der Waals surface area (Å²) in [5.41, 5.74) is 1.49. The van der Waals surface area contributed by atoms with Crippen molar-refractivity contribution >= 4 is 10.0 Å². The van der Waals surface area contributed by atoms with E-state index in [1.807, 2.05) is 0 Å². The molecule has 0 unspecified atom stereocenters. The molecule has 0 fully saturated rings. The molecule has 1 aromatic rings. The molecule has 0 spiro atoms. The second kappa shape index (κ2) is 5.42. The zero-order chi connectivity index (χ0) is 13.1. The molecule has 0 N–H and O–H groups in total. The molecule has 0 radical (unpaired) electrons. The largest absolute Gasteiger partial charge is 0.435 e. The molecule has 0 heterocycles. The van der Waals surface area contributed by atoms with Gasteiger partial charge in [0.1, 0.15) is 5.75 Å². The summed E-state index contributed by atoms with van der Waals surface area (Å²) in [5, 5.41) is 3.17. The number of hydrogen-bond acceptors (Lipinski definition) is 1. The van der Waals surface area contributed by atoms with Gasteiger partial charge in [-0.3, -0.25) is 0 Å². The molecule has 1 nitrogen and oxygen atoms in total. The lowest BCUT2D eigenvalue weighted by Gasteiger charge is -2.15. The quantitative estimate of drug-likeness (QED) is 0.736.